The Labute approximate surface area is 111 Å². The fourth-order valence-corrected chi connectivity index (χ4v) is 2.40. The van der Waals surface area contributed by atoms with E-state index in [4.69, 9.17) is 4.74 Å². The first-order valence-electron chi connectivity index (χ1n) is 6.55. The zero-order valence-corrected chi connectivity index (χ0v) is 11.2. The van der Waals surface area contributed by atoms with E-state index in [0.29, 0.717) is 25.0 Å². The summed E-state index contributed by atoms with van der Waals surface area (Å²) in [6.07, 6.45) is 1.94. The maximum atomic E-state index is 12.2. The Bertz CT molecular complexity index is 633. The first-order chi connectivity index (χ1) is 9.15. The highest BCUT2D eigenvalue weighted by Gasteiger charge is 2.24. The number of aromatic nitrogens is 3. The van der Waals surface area contributed by atoms with Crippen LogP contribution in [0.3, 0.4) is 0 Å². The largest absolute Gasteiger partial charge is 0.376 e. The van der Waals surface area contributed by atoms with E-state index in [2.05, 4.69) is 16.9 Å². The first-order valence-corrected chi connectivity index (χ1v) is 6.55. The first kappa shape index (κ1) is 12.4. The third-order valence-electron chi connectivity index (χ3n) is 3.54. The van der Waals surface area contributed by atoms with Crippen LogP contribution in [0.1, 0.15) is 13.8 Å². The summed E-state index contributed by atoms with van der Waals surface area (Å²) in [6.45, 7) is 6.18. The molecule has 2 unspecified atom stereocenters. The van der Waals surface area contributed by atoms with Gasteiger partial charge in [0.2, 0.25) is 0 Å². The molecule has 19 heavy (non-hydrogen) atoms. The van der Waals surface area contributed by atoms with Crippen molar-refractivity contribution < 1.29 is 4.74 Å². The lowest BCUT2D eigenvalue weighted by molar-refractivity contribution is -0.0626. The van der Waals surface area contributed by atoms with Crippen molar-refractivity contribution in [1.82, 2.24) is 19.1 Å². The van der Waals surface area contributed by atoms with Crippen molar-refractivity contribution >= 4 is 5.65 Å². The molecule has 0 saturated carbocycles. The lowest BCUT2D eigenvalue weighted by Crippen LogP contribution is -2.49. The molecule has 1 saturated heterocycles. The molecule has 2 aromatic heterocycles. The zero-order chi connectivity index (χ0) is 13.4. The van der Waals surface area contributed by atoms with Gasteiger partial charge in [-0.15, -0.1) is 5.10 Å². The van der Waals surface area contributed by atoms with Crippen LogP contribution in [0, 0.1) is 0 Å². The van der Waals surface area contributed by atoms with E-state index in [1.807, 2.05) is 25.1 Å². The minimum Gasteiger partial charge on any atom is -0.376 e. The molecular formula is C13H18N4O2. The van der Waals surface area contributed by atoms with Crippen molar-refractivity contribution in [1.29, 1.82) is 0 Å². The van der Waals surface area contributed by atoms with Crippen molar-refractivity contribution in [3.63, 3.8) is 0 Å². The van der Waals surface area contributed by atoms with Gasteiger partial charge in [-0.25, -0.2) is 4.79 Å². The molecule has 2 atom stereocenters. The summed E-state index contributed by atoms with van der Waals surface area (Å²) in [5, 5.41) is 4.35. The summed E-state index contributed by atoms with van der Waals surface area (Å²) >= 11 is 0. The van der Waals surface area contributed by atoms with Gasteiger partial charge in [-0.3, -0.25) is 9.30 Å². The molecule has 6 nitrogen and oxygen atoms in total. The van der Waals surface area contributed by atoms with Gasteiger partial charge in [-0.1, -0.05) is 6.07 Å². The number of hydrogen-bond donors (Lipinski definition) is 0. The smallest absolute Gasteiger partial charge is 0.351 e. The summed E-state index contributed by atoms with van der Waals surface area (Å²) in [5.41, 5.74) is 0.586. The summed E-state index contributed by atoms with van der Waals surface area (Å²) < 4.78 is 8.67. The number of rotatable bonds is 2. The van der Waals surface area contributed by atoms with Gasteiger partial charge < -0.3 is 4.74 Å². The lowest BCUT2D eigenvalue weighted by atomic mass is 10.2. The predicted molar refractivity (Wildman–Crippen MR) is 71.0 cm³/mol. The second-order valence-corrected chi connectivity index (χ2v) is 5.12. The minimum atomic E-state index is -0.0954. The van der Waals surface area contributed by atoms with Crippen LogP contribution in [0.15, 0.2) is 29.2 Å². The van der Waals surface area contributed by atoms with Gasteiger partial charge in [0.1, 0.15) is 0 Å². The average Bonchev–Trinajstić information content (AvgIpc) is 2.72. The van der Waals surface area contributed by atoms with Crippen LogP contribution in [0.2, 0.25) is 0 Å². The van der Waals surface area contributed by atoms with Gasteiger partial charge >= 0.3 is 5.69 Å². The summed E-state index contributed by atoms with van der Waals surface area (Å²) in [4.78, 5) is 14.4. The number of nitrogens with zero attached hydrogens (tertiary/aromatic N) is 4. The van der Waals surface area contributed by atoms with Crippen molar-refractivity contribution in [2.45, 2.75) is 32.7 Å². The fraction of sp³-hybridized carbons (Fsp3) is 0.538. The molecule has 0 bridgehead atoms. The van der Waals surface area contributed by atoms with E-state index < -0.39 is 0 Å². The normalized spacial score (nSPS) is 24.9. The molecule has 1 aliphatic heterocycles. The van der Waals surface area contributed by atoms with Gasteiger partial charge in [-0.2, -0.15) is 4.68 Å². The molecule has 0 aliphatic carbocycles. The maximum absolute atomic E-state index is 12.2. The molecule has 1 aliphatic rings. The third-order valence-corrected chi connectivity index (χ3v) is 3.54. The minimum absolute atomic E-state index is 0.0954. The van der Waals surface area contributed by atoms with Crippen molar-refractivity contribution in [3.05, 3.63) is 34.9 Å². The van der Waals surface area contributed by atoms with E-state index in [-0.39, 0.29) is 11.8 Å². The number of pyridine rings is 1. The molecule has 3 heterocycles. The Hall–Kier alpha value is -1.66. The van der Waals surface area contributed by atoms with Gasteiger partial charge in [-0.05, 0) is 26.0 Å². The Morgan fingerprint density at radius 2 is 2.26 bits per heavy atom. The van der Waals surface area contributed by atoms with Crippen molar-refractivity contribution in [2.24, 2.45) is 0 Å². The van der Waals surface area contributed by atoms with Crippen LogP contribution >= 0.6 is 0 Å². The van der Waals surface area contributed by atoms with Gasteiger partial charge in [0.25, 0.3) is 0 Å². The molecular weight excluding hydrogens is 244 g/mol. The zero-order valence-electron chi connectivity index (χ0n) is 11.2. The number of morpholine rings is 1. The van der Waals surface area contributed by atoms with E-state index >= 15 is 0 Å². The molecule has 0 aromatic carbocycles. The second kappa shape index (κ2) is 4.79. The fourth-order valence-electron chi connectivity index (χ4n) is 2.40. The monoisotopic (exact) mass is 262 g/mol. The molecule has 102 valence electrons. The van der Waals surface area contributed by atoms with Crippen LogP contribution in [-0.4, -0.2) is 44.4 Å². The molecule has 1 fully saturated rings. The standard InChI is InChI=1S/C13H18N4O2/c1-10-8-19-11(2)7-15(10)9-17-13(18)16-6-4-3-5-12(16)14-17/h3-6,10-11H,7-9H2,1-2H3. The maximum Gasteiger partial charge on any atom is 0.351 e. The molecule has 0 spiro atoms. The number of ether oxygens (including phenoxy) is 1. The third kappa shape index (κ3) is 2.29. The highest BCUT2D eigenvalue weighted by Crippen LogP contribution is 2.11. The SMILES string of the molecule is CC1CN(Cn2nc3ccccn3c2=O)C(C)CO1. The highest BCUT2D eigenvalue weighted by molar-refractivity contribution is 5.35. The van der Waals surface area contributed by atoms with E-state index in [0.717, 1.165) is 6.54 Å². The van der Waals surface area contributed by atoms with Crippen LogP contribution in [0.4, 0.5) is 0 Å². The molecule has 0 radical (unpaired) electrons. The van der Waals surface area contributed by atoms with Crippen molar-refractivity contribution in [2.75, 3.05) is 13.2 Å². The number of hydrogen-bond acceptors (Lipinski definition) is 4. The Balaban J connectivity index is 1.88. The van der Waals surface area contributed by atoms with Crippen LogP contribution in [-0.2, 0) is 11.4 Å². The van der Waals surface area contributed by atoms with Crippen LogP contribution in [0.25, 0.3) is 5.65 Å². The Morgan fingerprint density at radius 1 is 1.42 bits per heavy atom. The summed E-state index contributed by atoms with van der Waals surface area (Å²) in [6, 6.07) is 5.85. The van der Waals surface area contributed by atoms with E-state index in [1.54, 1.807) is 10.6 Å². The van der Waals surface area contributed by atoms with Gasteiger partial charge in [0.15, 0.2) is 5.65 Å². The second-order valence-electron chi connectivity index (χ2n) is 5.12. The number of fused-ring (bicyclic) bond motifs is 1. The van der Waals surface area contributed by atoms with Gasteiger partial charge in [0.05, 0.1) is 19.4 Å². The van der Waals surface area contributed by atoms with Gasteiger partial charge in [0, 0.05) is 18.8 Å². The molecule has 0 N–H and O–H groups in total. The summed E-state index contributed by atoms with van der Waals surface area (Å²) in [5.74, 6) is 0. The molecule has 6 heteroatoms. The topological polar surface area (TPSA) is 51.8 Å². The lowest BCUT2D eigenvalue weighted by Gasteiger charge is -2.36. The van der Waals surface area contributed by atoms with E-state index in [9.17, 15) is 4.79 Å². The summed E-state index contributed by atoms with van der Waals surface area (Å²) in [7, 11) is 0. The molecule has 3 rings (SSSR count). The molecule has 2 aromatic rings. The van der Waals surface area contributed by atoms with E-state index in [1.165, 1.54) is 4.68 Å². The average molecular weight is 262 g/mol. The molecule has 0 amide bonds. The Morgan fingerprint density at radius 3 is 3.05 bits per heavy atom. The predicted octanol–water partition coefficient (Wildman–Crippen LogP) is 0.563. The van der Waals surface area contributed by atoms with Crippen LogP contribution < -0.4 is 5.69 Å². The highest BCUT2D eigenvalue weighted by atomic mass is 16.5. The quantitative estimate of drug-likeness (QED) is 0.793. The van der Waals surface area contributed by atoms with Crippen molar-refractivity contribution in [3.8, 4) is 0 Å². The van der Waals surface area contributed by atoms with Crippen LogP contribution in [0.5, 0.6) is 0 Å². The Kier molecular flexibility index (Phi) is 3.12.